The number of nitrogens with zero attached hydrogens (tertiary/aromatic N) is 3. The van der Waals surface area contributed by atoms with Crippen molar-refractivity contribution in [2.45, 2.75) is 25.9 Å². The highest BCUT2D eigenvalue weighted by atomic mass is 32.2. The van der Waals surface area contributed by atoms with Crippen molar-refractivity contribution >= 4 is 10.0 Å². The Morgan fingerprint density at radius 1 is 1.30 bits per heavy atom. The summed E-state index contributed by atoms with van der Waals surface area (Å²) in [6.45, 7) is 3.03. The van der Waals surface area contributed by atoms with Crippen LogP contribution < -0.4 is 0 Å². The molecular formula is C13H21N3O3S. The smallest absolute Gasteiger partial charge is 0.211 e. The highest BCUT2D eigenvalue weighted by molar-refractivity contribution is 7.88. The van der Waals surface area contributed by atoms with Crippen molar-refractivity contribution in [3.63, 3.8) is 0 Å². The molecule has 0 bridgehead atoms. The summed E-state index contributed by atoms with van der Waals surface area (Å²) in [5, 5.41) is 4.28. The Kier molecular flexibility index (Phi) is 3.83. The van der Waals surface area contributed by atoms with E-state index in [9.17, 15) is 8.42 Å². The van der Waals surface area contributed by atoms with Crippen LogP contribution in [0.5, 0.6) is 0 Å². The molecule has 0 spiro atoms. The van der Waals surface area contributed by atoms with Crippen molar-refractivity contribution < 1.29 is 13.2 Å². The van der Waals surface area contributed by atoms with Crippen LogP contribution in [0.25, 0.3) is 0 Å². The Morgan fingerprint density at radius 3 is 2.75 bits per heavy atom. The van der Waals surface area contributed by atoms with Crippen molar-refractivity contribution in [2.24, 2.45) is 11.8 Å². The first-order chi connectivity index (χ1) is 9.52. The lowest BCUT2D eigenvalue weighted by molar-refractivity contribution is 0.0798. The maximum absolute atomic E-state index is 11.9. The molecule has 1 saturated carbocycles. The fourth-order valence-electron chi connectivity index (χ4n) is 2.54. The van der Waals surface area contributed by atoms with Crippen LogP contribution in [0.4, 0.5) is 0 Å². The average molecular weight is 299 g/mol. The molecule has 2 aliphatic rings. The molecule has 1 aliphatic carbocycles. The Morgan fingerprint density at radius 2 is 2.05 bits per heavy atom. The summed E-state index contributed by atoms with van der Waals surface area (Å²) in [7, 11) is -3.20. The van der Waals surface area contributed by atoms with E-state index in [1.807, 2.05) is 10.7 Å². The van der Waals surface area contributed by atoms with Gasteiger partial charge in [0.2, 0.25) is 10.0 Å². The number of hydrogen-bond donors (Lipinski definition) is 0. The lowest BCUT2D eigenvalue weighted by Crippen LogP contribution is -2.34. The van der Waals surface area contributed by atoms with Crippen LogP contribution in [0.2, 0.25) is 0 Å². The summed E-state index contributed by atoms with van der Waals surface area (Å²) in [6.07, 6.45) is 5.53. The molecule has 1 atom stereocenters. The van der Waals surface area contributed by atoms with E-state index in [-0.39, 0.29) is 5.92 Å². The third kappa shape index (κ3) is 3.39. The lowest BCUT2D eigenvalue weighted by Gasteiger charge is -2.21. The van der Waals surface area contributed by atoms with Crippen LogP contribution in [0.3, 0.4) is 0 Å². The van der Waals surface area contributed by atoms with Gasteiger partial charge in [0.1, 0.15) is 0 Å². The molecule has 20 heavy (non-hydrogen) atoms. The van der Waals surface area contributed by atoms with Crippen LogP contribution >= 0.6 is 0 Å². The molecule has 0 aromatic carbocycles. The van der Waals surface area contributed by atoms with Gasteiger partial charge >= 0.3 is 0 Å². The zero-order chi connectivity index (χ0) is 14.2. The molecule has 3 rings (SSSR count). The molecule has 2 heterocycles. The quantitative estimate of drug-likeness (QED) is 0.803. The zero-order valence-corrected chi connectivity index (χ0v) is 12.6. The van der Waals surface area contributed by atoms with Crippen LogP contribution in [-0.2, 0) is 27.8 Å². The van der Waals surface area contributed by atoms with E-state index >= 15 is 0 Å². The van der Waals surface area contributed by atoms with Crippen LogP contribution in [0, 0.1) is 11.8 Å². The minimum absolute atomic E-state index is 0.157. The molecule has 0 amide bonds. The summed E-state index contributed by atoms with van der Waals surface area (Å²) < 4.78 is 32.9. The van der Waals surface area contributed by atoms with Crippen molar-refractivity contribution in [3.8, 4) is 0 Å². The summed E-state index contributed by atoms with van der Waals surface area (Å²) in [4.78, 5) is 0. The van der Waals surface area contributed by atoms with Gasteiger partial charge in [0.15, 0.2) is 0 Å². The first-order valence-electron chi connectivity index (χ1n) is 7.06. The lowest BCUT2D eigenvalue weighted by atomic mass is 10.1. The first-order valence-corrected chi connectivity index (χ1v) is 8.91. The van der Waals surface area contributed by atoms with Gasteiger partial charge in [-0.1, -0.05) is 0 Å². The van der Waals surface area contributed by atoms with Gasteiger partial charge in [0.25, 0.3) is 0 Å². The highest BCUT2D eigenvalue weighted by Gasteiger charge is 2.28. The van der Waals surface area contributed by atoms with Gasteiger partial charge in [-0.2, -0.15) is 9.40 Å². The van der Waals surface area contributed by atoms with E-state index in [4.69, 9.17) is 4.74 Å². The first kappa shape index (κ1) is 14.0. The summed E-state index contributed by atoms with van der Waals surface area (Å²) in [5.74, 6) is 0.886. The van der Waals surface area contributed by atoms with E-state index in [2.05, 4.69) is 5.10 Å². The van der Waals surface area contributed by atoms with Crippen LogP contribution in [0.1, 0.15) is 18.5 Å². The fourth-order valence-corrected chi connectivity index (χ4v) is 3.39. The minimum Gasteiger partial charge on any atom is -0.381 e. The largest absolute Gasteiger partial charge is 0.381 e. The maximum Gasteiger partial charge on any atom is 0.211 e. The van der Waals surface area contributed by atoms with E-state index in [1.54, 1.807) is 6.20 Å². The maximum atomic E-state index is 11.9. The predicted octanol–water partition coefficient (Wildman–Crippen LogP) is 0.701. The third-order valence-electron chi connectivity index (χ3n) is 3.91. The molecule has 0 N–H and O–H groups in total. The monoisotopic (exact) mass is 299 g/mol. The Hall–Kier alpha value is -0.920. The molecule has 1 aliphatic heterocycles. The molecular weight excluding hydrogens is 278 g/mol. The Bertz CT molecular complexity index is 565. The van der Waals surface area contributed by atoms with Gasteiger partial charge in [-0.05, 0) is 24.8 Å². The Labute approximate surface area is 119 Å². The standard InChI is InChI=1S/C13H21N3O3S/c1-20(17,18)15-6-12(10-19-9-11-2-3-11)7-16-13(8-15)4-5-14-16/h4-5,11-12H,2-3,6-10H2,1H3/t12-/m0/s1. The van der Waals surface area contributed by atoms with Gasteiger partial charge in [0, 0.05) is 31.8 Å². The van der Waals surface area contributed by atoms with Gasteiger partial charge in [-0.3, -0.25) is 4.68 Å². The molecule has 1 aromatic rings. The molecule has 7 heteroatoms. The zero-order valence-electron chi connectivity index (χ0n) is 11.7. The molecule has 0 saturated heterocycles. The second-order valence-electron chi connectivity index (χ2n) is 5.91. The molecule has 112 valence electrons. The number of sulfonamides is 1. The molecule has 0 radical (unpaired) electrons. The molecule has 6 nitrogen and oxygen atoms in total. The number of hydrogen-bond acceptors (Lipinski definition) is 4. The molecule has 1 aromatic heterocycles. The normalized spacial score (nSPS) is 24.4. The third-order valence-corrected chi connectivity index (χ3v) is 5.13. The fraction of sp³-hybridized carbons (Fsp3) is 0.769. The highest BCUT2D eigenvalue weighted by Crippen LogP contribution is 2.29. The molecule has 0 unspecified atom stereocenters. The van der Waals surface area contributed by atoms with Crippen molar-refractivity contribution in [1.29, 1.82) is 0 Å². The number of aromatic nitrogens is 2. The topological polar surface area (TPSA) is 64.4 Å². The summed E-state index contributed by atoms with van der Waals surface area (Å²) in [6, 6.07) is 1.88. The van der Waals surface area contributed by atoms with Gasteiger partial charge < -0.3 is 4.74 Å². The van der Waals surface area contributed by atoms with E-state index in [0.717, 1.165) is 24.8 Å². The second kappa shape index (κ2) is 5.46. The predicted molar refractivity (Wildman–Crippen MR) is 74.5 cm³/mol. The van der Waals surface area contributed by atoms with Gasteiger partial charge in [-0.15, -0.1) is 0 Å². The van der Waals surface area contributed by atoms with E-state index in [1.165, 1.54) is 23.4 Å². The van der Waals surface area contributed by atoms with E-state index < -0.39 is 10.0 Å². The minimum atomic E-state index is -3.20. The number of rotatable bonds is 5. The van der Waals surface area contributed by atoms with Crippen molar-refractivity contribution in [2.75, 3.05) is 26.0 Å². The van der Waals surface area contributed by atoms with Crippen molar-refractivity contribution in [3.05, 3.63) is 18.0 Å². The van der Waals surface area contributed by atoms with E-state index in [0.29, 0.717) is 19.7 Å². The van der Waals surface area contributed by atoms with Crippen LogP contribution in [0.15, 0.2) is 12.3 Å². The van der Waals surface area contributed by atoms with Gasteiger partial charge in [-0.25, -0.2) is 8.42 Å². The Balaban J connectivity index is 1.69. The van der Waals surface area contributed by atoms with Gasteiger partial charge in [0.05, 0.1) is 25.1 Å². The summed E-state index contributed by atoms with van der Waals surface area (Å²) in [5.41, 5.74) is 0.945. The number of fused-ring (bicyclic) bond motifs is 1. The van der Waals surface area contributed by atoms with Crippen LogP contribution in [-0.4, -0.2) is 48.5 Å². The molecule has 1 fully saturated rings. The second-order valence-corrected chi connectivity index (χ2v) is 7.89. The summed E-state index contributed by atoms with van der Waals surface area (Å²) >= 11 is 0. The average Bonchev–Trinajstić information content (AvgIpc) is 3.12. The SMILES string of the molecule is CS(=O)(=O)N1Cc2ccnn2C[C@@H](COCC2CC2)C1. The van der Waals surface area contributed by atoms with Crippen molar-refractivity contribution in [1.82, 2.24) is 14.1 Å². The number of ether oxygens (including phenoxy) is 1.